The molecule has 0 saturated heterocycles. The molecule has 3 aromatic heterocycles. The second-order valence-electron chi connectivity index (χ2n) is 6.46. The maximum Gasteiger partial charge on any atom is 0.264 e. The normalized spacial score (nSPS) is 14.1. The van der Waals surface area contributed by atoms with Crippen molar-refractivity contribution in [2.24, 2.45) is 0 Å². The third-order valence-electron chi connectivity index (χ3n) is 4.46. The van der Waals surface area contributed by atoms with Crippen LogP contribution in [0.3, 0.4) is 0 Å². The van der Waals surface area contributed by atoms with Crippen LogP contribution < -0.4 is 10.9 Å². The van der Waals surface area contributed by atoms with E-state index in [9.17, 15) is 4.79 Å². The van der Waals surface area contributed by atoms with Crippen LogP contribution in [0, 0.1) is 0 Å². The second-order valence-corrected chi connectivity index (χ2v) is 7.55. The number of aromatic nitrogens is 3. The molecule has 5 nitrogen and oxygen atoms in total. The van der Waals surface area contributed by atoms with Crippen LogP contribution in [0.1, 0.15) is 43.2 Å². The molecule has 1 N–H and O–H groups in total. The van der Waals surface area contributed by atoms with Gasteiger partial charge in [-0.3, -0.25) is 14.3 Å². The van der Waals surface area contributed by atoms with Gasteiger partial charge in [-0.05, 0) is 57.2 Å². The standard InChI is InChI=1S/C18H20N4OS/c1-11(2)22-17(23)15-13-7-3-4-8-14(13)24-16(15)21-18(22)20-12-6-5-9-19-10-12/h5-6,9-11H,3-4,7-8H2,1-2H3,(H,20,21). The van der Waals surface area contributed by atoms with Gasteiger partial charge in [-0.1, -0.05) is 0 Å². The van der Waals surface area contributed by atoms with Crippen molar-refractivity contribution in [1.29, 1.82) is 0 Å². The number of rotatable bonds is 3. The molecule has 0 atom stereocenters. The van der Waals surface area contributed by atoms with Gasteiger partial charge < -0.3 is 5.32 Å². The van der Waals surface area contributed by atoms with Gasteiger partial charge in [0.2, 0.25) is 5.95 Å². The van der Waals surface area contributed by atoms with Crippen molar-refractivity contribution in [3.63, 3.8) is 0 Å². The number of anilines is 2. The fourth-order valence-corrected chi connectivity index (χ4v) is 4.60. The highest BCUT2D eigenvalue weighted by Gasteiger charge is 2.22. The molecule has 1 aliphatic rings. The Bertz CT molecular complexity index is 943. The number of pyridine rings is 1. The highest BCUT2D eigenvalue weighted by molar-refractivity contribution is 7.18. The summed E-state index contributed by atoms with van der Waals surface area (Å²) >= 11 is 1.68. The van der Waals surface area contributed by atoms with Gasteiger partial charge in [-0.2, -0.15) is 0 Å². The summed E-state index contributed by atoms with van der Waals surface area (Å²) in [6, 6.07) is 3.82. The van der Waals surface area contributed by atoms with Crippen molar-refractivity contribution < 1.29 is 0 Å². The molecule has 24 heavy (non-hydrogen) atoms. The van der Waals surface area contributed by atoms with Crippen molar-refractivity contribution in [3.8, 4) is 0 Å². The minimum absolute atomic E-state index is 0.0349. The lowest BCUT2D eigenvalue weighted by Crippen LogP contribution is -2.26. The van der Waals surface area contributed by atoms with E-state index in [1.54, 1.807) is 28.3 Å². The average Bonchev–Trinajstić information content (AvgIpc) is 2.94. The minimum Gasteiger partial charge on any atom is -0.324 e. The lowest BCUT2D eigenvalue weighted by atomic mass is 9.97. The SMILES string of the molecule is CC(C)n1c(Nc2cccnc2)nc2sc3c(c2c1=O)CCCC3. The number of fused-ring (bicyclic) bond motifs is 3. The fourth-order valence-electron chi connectivity index (χ4n) is 3.35. The molecule has 0 saturated carbocycles. The first-order valence-electron chi connectivity index (χ1n) is 8.39. The van der Waals surface area contributed by atoms with E-state index in [1.807, 2.05) is 26.0 Å². The molecule has 0 aromatic carbocycles. The van der Waals surface area contributed by atoms with E-state index >= 15 is 0 Å². The van der Waals surface area contributed by atoms with Gasteiger partial charge in [0.05, 0.1) is 17.3 Å². The largest absolute Gasteiger partial charge is 0.324 e. The Hall–Kier alpha value is -2.21. The highest BCUT2D eigenvalue weighted by atomic mass is 32.1. The number of hydrogen-bond acceptors (Lipinski definition) is 5. The van der Waals surface area contributed by atoms with Crippen molar-refractivity contribution >= 4 is 33.2 Å². The molecular weight excluding hydrogens is 320 g/mol. The second kappa shape index (κ2) is 6.02. The first-order valence-corrected chi connectivity index (χ1v) is 9.20. The van der Waals surface area contributed by atoms with Crippen LogP contribution in [-0.2, 0) is 12.8 Å². The summed E-state index contributed by atoms with van der Waals surface area (Å²) in [7, 11) is 0. The Kier molecular flexibility index (Phi) is 3.84. The van der Waals surface area contributed by atoms with Crippen LogP contribution in [0.5, 0.6) is 0 Å². The van der Waals surface area contributed by atoms with Gasteiger partial charge in [0, 0.05) is 17.1 Å². The molecular formula is C18H20N4OS. The monoisotopic (exact) mass is 340 g/mol. The quantitative estimate of drug-likeness (QED) is 0.781. The molecule has 124 valence electrons. The zero-order valence-corrected chi connectivity index (χ0v) is 14.7. The van der Waals surface area contributed by atoms with E-state index in [4.69, 9.17) is 4.98 Å². The molecule has 0 unspecified atom stereocenters. The Morgan fingerprint density at radius 2 is 2.12 bits per heavy atom. The van der Waals surface area contributed by atoms with Crippen LogP contribution in [0.2, 0.25) is 0 Å². The summed E-state index contributed by atoms with van der Waals surface area (Å²) in [6.07, 6.45) is 7.91. The van der Waals surface area contributed by atoms with Crippen LogP contribution >= 0.6 is 11.3 Å². The summed E-state index contributed by atoms with van der Waals surface area (Å²) in [5, 5.41) is 4.10. The van der Waals surface area contributed by atoms with Gasteiger partial charge in [-0.25, -0.2) is 4.98 Å². The molecule has 0 amide bonds. The summed E-state index contributed by atoms with van der Waals surface area (Å²) in [5.74, 6) is 0.592. The third-order valence-corrected chi connectivity index (χ3v) is 5.64. The third kappa shape index (κ3) is 2.51. The van der Waals surface area contributed by atoms with Gasteiger partial charge in [0.15, 0.2) is 0 Å². The summed E-state index contributed by atoms with van der Waals surface area (Å²) in [6.45, 7) is 4.03. The van der Waals surface area contributed by atoms with Crippen molar-refractivity contribution in [2.75, 3.05) is 5.32 Å². The van der Waals surface area contributed by atoms with Gasteiger partial charge in [-0.15, -0.1) is 11.3 Å². The molecule has 0 bridgehead atoms. The van der Waals surface area contributed by atoms with Crippen molar-refractivity contribution in [3.05, 3.63) is 45.3 Å². The summed E-state index contributed by atoms with van der Waals surface area (Å²) in [4.78, 5) is 24.3. The van der Waals surface area contributed by atoms with Crippen molar-refractivity contribution in [1.82, 2.24) is 14.5 Å². The molecule has 0 spiro atoms. The zero-order chi connectivity index (χ0) is 16.7. The molecule has 6 heteroatoms. The maximum atomic E-state index is 13.2. The van der Waals surface area contributed by atoms with Gasteiger partial charge in [0.1, 0.15) is 4.83 Å². The Labute approximate surface area is 144 Å². The Balaban J connectivity index is 1.93. The first kappa shape index (κ1) is 15.3. The van der Waals surface area contributed by atoms with E-state index in [-0.39, 0.29) is 11.6 Å². The minimum atomic E-state index is 0.0349. The van der Waals surface area contributed by atoms with E-state index in [0.717, 1.165) is 35.2 Å². The van der Waals surface area contributed by atoms with E-state index < -0.39 is 0 Å². The summed E-state index contributed by atoms with van der Waals surface area (Å²) < 4.78 is 1.76. The van der Waals surface area contributed by atoms with Crippen LogP contribution in [0.25, 0.3) is 10.2 Å². The molecule has 0 aliphatic heterocycles. The number of hydrogen-bond donors (Lipinski definition) is 1. The lowest BCUT2D eigenvalue weighted by molar-refractivity contribution is 0.582. The highest BCUT2D eigenvalue weighted by Crippen LogP contribution is 2.34. The van der Waals surface area contributed by atoms with E-state index in [0.29, 0.717) is 5.95 Å². The molecule has 3 heterocycles. The fraction of sp³-hybridized carbons (Fsp3) is 0.389. The number of thiophene rings is 1. The number of nitrogens with zero attached hydrogens (tertiary/aromatic N) is 3. The Morgan fingerprint density at radius 1 is 1.29 bits per heavy atom. The topological polar surface area (TPSA) is 59.8 Å². The zero-order valence-electron chi connectivity index (χ0n) is 13.9. The van der Waals surface area contributed by atoms with Gasteiger partial charge in [0.25, 0.3) is 5.56 Å². The molecule has 4 rings (SSSR count). The van der Waals surface area contributed by atoms with Crippen LogP contribution in [0.15, 0.2) is 29.3 Å². The molecule has 1 aliphatic carbocycles. The summed E-state index contributed by atoms with van der Waals surface area (Å²) in [5.41, 5.74) is 2.14. The molecule has 0 radical (unpaired) electrons. The van der Waals surface area contributed by atoms with Crippen LogP contribution in [0.4, 0.5) is 11.6 Å². The van der Waals surface area contributed by atoms with Crippen molar-refractivity contribution in [2.45, 2.75) is 45.6 Å². The average molecular weight is 340 g/mol. The van der Waals surface area contributed by atoms with E-state index in [1.165, 1.54) is 16.9 Å². The molecule has 3 aromatic rings. The lowest BCUT2D eigenvalue weighted by Gasteiger charge is -2.17. The maximum absolute atomic E-state index is 13.2. The predicted molar refractivity (Wildman–Crippen MR) is 98.4 cm³/mol. The number of nitrogens with one attached hydrogen (secondary N) is 1. The van der Waals surface area contributed by atoms with Gasteiger partial charge >= 0.3 is 0 Å². The van der Waals surface area contributed by atoms with E-state index in [2.05, 4.69) is 10.3 Å². The smallest absolute Gasteiger partial charge is 0.264 e. The Morgan fingerprint density at radius 3 is 2.88 bits per heavy atom. The predicted octanol–water partition coefficient (Wildman–Crippen LogP) is 4.06. The van der Waals surface area contributed by atoms with Crippen LogP contribution in [-0.4, -0.2) is 14.5 Å². The molecule has 0 fully saturated rings. The first-order chi connectivity index (χ1) is 11.6. The number of aryl methyl sites for hydroxylation is 2.